The summed E-state index contributed by atoms with van der Waals surface area (Å²) in [6.07, 6.45) is 0.0944. The molecule has 0 saturated carbocycles. The fourth-order valence-electron chi connectivity index (χ4n) is 2.75. The lowest BCUT2D eigenvalue weighted by molar-refractivity contribution is -0.145. The molecule has 31 heavy (non-hydrogen) atoms. The number of carbonyl (C=O) groups excluding carboxylic acids is 3. The van der Waals surface area contributed by atoms with Gasteiger partial charge in [0.15, 0.2) is 0 Å². The second-order valence-electron chi connectivity index (χ2n) is 6.69. The van der Waals surface area contributed by atoms with Gasteiger partial charge in [-0.15, -0.1) is 0 Å². The van der Waals surface area contributed by atoms with Crippen LogP contribution in [0.15, 0.2) is 59.5 Å². The van der Waals surface area contributed by atoms with E-state index in [9.17, 15) is 22.8 Å². The topological polar surface area (TPSA) is 131 Å². The van der Waals surface area contributed by atoms with Gasteiger partial charge in [0.05, 0.1) is 12.0 Å². The first-order valence-electron chi connectivity index (χ1n) is 9.49. The minimum atomic E-state index is -3.83. The number of benzene rings is 2. The van der Waals surface area contributed by atoms with Crippen molar-refractivity contribution in [2.45, 2.75) is 30.7 Å². The van der Waals surface area contributed by atoms with Gasteiger partial charge >= 0.3 is 5.97 Å². The van der Waals surface area contributed by atoms with Gasteiger partial charge in [0.25, 0.3) is 0 Å². The zero-order valence-corrected chi connectivity index (χ0v) is 18.1. The Balaban J connectivity index is 1.90. The number of hydrogen-bond donors (Lipinski definition) is 3. The summed E-state index contributed by atoms with van der Waals surface area (Å²) >= 11 is 0. The summed E-state index contributed by atoms with van der Waals surface area (Å²) in [6.45, 7) is 1.20. The zero-order chi connectivity index (χ0) is 22.9. The molecule has 2 rings (SSSR count). The first-order valence-corrected chi connectivity index (χ1v) is 11.0. The van der Waals surface area contributed by atoms with Crippen molar-refractivity contribution in [1.29, 1.82) is 0 Å². The monoisotopic (exact) mass is 447 g/mol. The van der Waals surface area contributed by atoms with Crippen molar-refractivity contribution in [2.75, 3.05) is 19.0 Å². The van der Waals surface area contributed by atoms with Gasteiger partial charge in [0, 0.05) is 32.0 Å². The van der Waals surface area contributed by atoms with E-state index in [0.717, 1.165) is 5.56 Å². The number of nitrogens with one attached hydrogen (secondary N) is 3. The molecule has 0 heterocycles. The third-order valence-corrected chi connectivity index (χ3v) is 5.71. The van der Waals surface area contributed by atoms with E-state index in [-0.39, 0.29) is 30.2 Å². The van der Waals surface area contributed by atoms with Crippen LogP contribution < -0.4 is 15.4 Å². The molecule has 0 saturated heterocycles. The van der Waals surface area contributed by atoms with Crippen molar-refractivity contribution in [3.8, 4) is 0 Å². The van der Waals surface area contributed by atoms with Crippen LogP contribution in [0.25, 0.3) is 0 Å². The van der Waals surface area contributed by atoms with Crippen LogP contribution in [-0.2, 0) is 35.6 Å². The maximum atomic E-state index is 12.4. The van der Waals surface area contributed by atoms with Crippen LogP contribution >= 0.6 is 0 Å². The molecule has 0 aromatic heterocycles. The van der Waals surface area contributed by atoms with Crippen LogP contribution in [0.5, 0.6) is 0 Å². The molecule has 2 amide bonds. The first kappa shape index (κ1) is 24.0. The van der Waals surface area contributed by atoms with Gasteiger partial charge in [-0.1, -0.05) is 30.3 Å². The van der Waals surface area contributed by atoms with Crippen LogP contribution in [0.3, 0.4) is 0 Å². The summed E-state index contributed by atoms with van der Waals surface area (Å²) in [7, 11) is -2.60. The molecule has 0 bridgehead atoms. The van der Waals surface area contributed by atoms with Crippen molar-refractivity contribution in [3.63, 3.8) is 0 Å². The quantitative estimate of drug-likeness (QED) is 0.470. The Morgan fingerprint density at radius 3 is 2.23 bits per heavy atom. The lowest BCUT2D eigenvalue weighted by Gasteiger charge is -2.17. The van der Waals surface area contributed by atoms with E-state index in [2.05, 4.69) is 15.4 Å². The molecule has 0 spiro atoms. The number of rotatable bonds is 10. The molecule has 0 radical (unpaired) electrons. The van der Waals surface area contributed by atoms with Gasteiger partial charge in [-0.25, -0.2) is 17.9 Å². The Labute approximate surface area is 181 Å². The van der Waals surface area contributed by atoms with Crippen molar-refractivity contribution in [2.24, 2.45) is 0 Å². The van der Waals surface area contributed by atoms with Crippen LogP contribution in [0, 0.1) is 0 Å². The molecule has 1 atom stereocenters. The van der Waals surface area contributed by atoms with Gasteiger partial charge in [-0.2, -0.15) is 0 Å². The van der Waals surface area contributed by atoms with E-state index >= 15 is 0 Å². The first-order chi connectivity index (χ1) is 14.7. The second-order valence-corrected chi connectivity index (χ2v) is 8.45. The highest BCUT2D eigenvalue weighted by molar-refractivity contribution is 7.89. The molecule has 9 nitrogen and oxygen atoms in total. The van der Waals surface area contributed by atoms with E-state index in [0.29, 0.717) is 5.69 Å². The number of ether oxygens (including phenoxy) is 1. The minimum absolute atomic E-state index is 0.00137. The molecular formula is C21H25N3O6S. The Morgan fingerprint density at radius 2 is 1.65 bits per heavy atom. The predicted octanol–water partition coefficient (Wildman–Crippen LogP) is 1.21. The fraction of sp³-hybridized carbons (Fsp3) is 0.286. The SMILES string of the molecule is COC(=O)[C@@H](Cc1ccccc1)NC(=O)CCNS(=O)(=O)c1ccc(NC(C)=O)cc1. The van der Waals surface area contributed by atoms with Crippen molar-refractivity contribution in [3.05, 3.63) is 60.2 Å². The number of anilines is 1. The van der Waals surface area contributed by atoms with Crippen molar-refractivity contribution < 1.29 is 27.5 Å². The molecule has 0 aliphatic carbocycles. The summed E-state index contributed by atoms with van der Waals surface area (Å²) in [4.78, 5) is 35.3. The molecular weight excluding hydrogens is 422 g/mol. The number of amides is 2. The number of carbonyl (C=O) groups is 3. The maximum absolute atomic E-state index is 12.4. The molecule has 0 aliphatic rings. The molecule has 0 fully saturated rings. The summed E-state index contributed by atoms with van der Waals surface area (Å²) in [5.41, 5.74) is 1.32. The maximum Gasteiger partial charge on any atom is 0.328 e. The van der Waals surface area contributed by atoms with Gasteiger partial charge in [0.1, 0.15) is 6.04 Å². The smallest absolute Gasteiger partial charge is 0.328 e. The Morgan fingerprint density at radius 1 is 1.00 bits per heavy atom. The Kier molecular flexibility index (Phi) is 8.71. The molecule has 2 aromatic rings. The van der Waals surface area contributed by atoms with E-state index in [4.69, 9.17) is 4.74 Å². The summed E-state index contributed by atoms with van der Waals surface area (Å²) in [5.74, 6) is -1.34. The number of esters is 1. The third kappa shape index (κ3) is 7.83. The average Bonchev–Trinajstić information content (AvgIpc) is 2.73. The second kappa shape index (κ2) is 11.2. The van der Waals surface area contributed by atoms with Crippen LogP contribution in [0.4, 0.5) is 5.69 Å². The predicted molar refractivity (Wildman–Crippen MR) is 115 cm³/mol. The molecule has 3 N–H and O–H groups in total. The van der Waals surface area contributed by atoms with Crippen molar-refractivity contribution >= 4 is 33.5 Å². The highest BCUT2D eigenvalue weighted by Gasteiger charge is 2.22. The van der Waals surface area contributed by atoms with Crippen LogP contribution in [-0.4, -0.2) is 45.9 Å². The molecule has 166 valence electrons. The molecule has 0 aliphatic heterocycles. The molecule has 10 heteroatoms. The highest BCUT2D eigenvalue weighted by Crippen LogP contribution is 2.14. The van der Waals surface area contributed by atoms with Crippen LogP contribution in [0.2, 0.25) is 0 Å². The van der Waals surface area contributed by atoms with E-state index in [1.165, 1.54) is 38.3 Å². The van der Waals surface area contributed by atoms with E-state index < -0.39 is 27.9 Å². The average molecular weight is 448 g/mol. The Hall–Kier alpha value is -3.24. The largest absolute Gasteiger partial charge is 0.467 e. The summed E-state index contributed by atoms with van der Waals surface area (Å²) in [5, 5.41) is 5.13. The number of sulfonamides is 1. The van der Waals surface area contributed by atoms with Gasteiger partial charge < -0.3 is 15.4 Å². The van der Waals surface area contributed by atoms with Gasteiger partial charge in [-0.3, -0.25) is 9.59 Å². The highest BCUT2D eigenvalue weighted by atomic mass is 32.2. The number of hydrogen-bond acceptors (Lipinski definition) is 6. The standard InChI is InChI=1S/C21H25N3O6S/c1-15(25)23-17-8-10-18(11-9-17)31(28,29)22-13-12-20(26)24-19(21(27)30-2)14-16-6-4-3-5-7-16/h3-11,19,22H,12-14H2,1-2H3,(H,23,25)(H,24,26)/t19-/m1/s1. The van der Waals surface area contributed by atoms with Gasteiger partial charge in [-0.05, 0) is 29.8 Å². The summed E-state index contributed by atoms with van der Waals surface area (Å²) in [6, 6.07) is 13.9. The normalized spacial score (nSPS) is 11.9. The van der Waals surface area contributed by atoms with Crippen molar-refractivity contribution in [1.82, 2.24) is 10.0 Å². The molecule has 2 aromatic carbocycles. The van der Waals surface area contributed by atoms with E-state index in [1.807, 2.05) is 30.3 Å². The molecule has 0 unspecified atom stereocenters. The van der Waals surface area contributed by atoms with E-state index in [1.54, 1.807) is 0 Å². The number of methoxy groups -OCH3 is 1. The minimum Gasteiger partial charge on any atom is -0.467 e. The lowest BCUT2D eigenvalue weighted by atomic mass is 10.1. The third-order valence-electron chi connectivity index (χ3n) is 4.23. The zero-order valence-electron chi connectivity index (χ0n) is 17.3. The van der Waals surface area contributed by atoms with Crippen LogP contribution in [0.1, 0.15) is 18.9 Å². The summed E-state index contributed by atoms with van der Waals surface area (Å²) < 4.78 is 31.8. The Bertz CT molecular complexity index is 1010. The van der Waals surface area contributed by atoms with Gasteiger partial charge in [0.2, 0.25) is 21.8 Å². The fourth-order valence-corrected chi connectivity index (χ4v) is 3.79. The lowest BCUT2D eigenvalue weighted by Crippen LogP contribution is -2.44.